The molecule has 1 N–H and O–H groups in total. The Labute approximate surface area is 171 Å². The van der Waals surface area contributed by atoms with Crippen molar-refractivity contribution >= 4 is 61.2 Å². The van der Waals surface area contributed by atoms with Gasteiger partial charge in [-0.2, -0.15) is 5.10 Å². The van der Waals surface area contributed by atoms with Crippen molar-refractivity contribution in [3.8, 4) is 10.4 Å². The summed E-state index contributed by atoms with van der Waals surface area (Å²) in [5.41, 5.74) is 4.25. The fourth-order valence-corrected chi connectivity index (χ4v) is 3.79. The Kier molecular flexibility index (Phi) is 5.07. The summed E-state index contributed by atoms with van der Waals surface area (Å²) in [5, 5.41) is 6.15. The molecule has 2 heterocycles. The van der Waals surface area contributed by atoms with E-state index in [4.69, 9.17) is 16.0 Å². The molecule has 0 atom stereocenters. The smallest absolute Gasteiger partial charge is 0.345 e. The summed E-state index contributed by atoms with van der Waals surface area (Å²) >= 11 is 10.8. The lowest BCUT2D eigenvalue weighted by Gasteiger charge is -2.00. The molecule has 0 amide bonds. The third kappa shape index (κ3) is 3.95. The van der Waals surface area contributed by atoms with Crippen molar-refractivity contribution < 1.29 is 4.42 Å². The van der Waals surface area contributed by atoms with Gasteiger partial charge in [-0.1, -0.05) is 57.1 Å². The van der Waals surface area contributed by atoms with Gasteiger partial charge in [0.1, 0.15) is 5.58 Å². The number of rotatable bonds is 4. The highest BCUT2D eigenvalue weighted by Gasteiger charge is 2.11. The minimum absolute atomic E-state index is 0.403. The van der Waals surface area contributed by atoms with Crippen molar-refractivity contribution in [3.63, 3.8) is 0 Å². The Morgan fingerprint density at radius 3 is 2.93 bits per heavy atom. The van der Waals surface area contributed by atoms with E-state index in [1.807, 2.05) is 30.3 Å². The molecule has 27 heavy (non-hydrogen) atoms. The molecule has 0 unspecified atom stereocenters. The van der Waals surface area contributed by atoms with Crippen LogP contribution in [-0.2, 0) is 0 Å². The summed E-state index contributed by atoms with van der Waals surface area (Å²) in [6.45, 7) is 0. The Balaban J connectivity index is 1.59. The molecule has 0 radical (unpaired) electrons. The van der Waals surface area contributed by atoms with E-state index in [0.717, 1.165) is 15.4 Å². The number of aromatic nitrogens is 1. The lowest BCUT2D eigenvalue weighted by Crippen LogP contribution is -2.01. The third-order valence-corrected chi connectivity index (χ3v) is 5.51. The maximum absolute atomic E-state index is 12.3. The molecule has 0 aliphatic heterocycles. The highest BCUT2D eigenvalue weighted by molar-refractivity contribution is 9.10. The van der Waals surface area contributed by atoms with Crippen molar-refractivity contribution in [2.45, 2.75) is 0 Å². The minimum atomic E-state index is -0.403. The Hall–Kier alpha value is -2.48. The number of thiazole rings is 1. The second-order valence-electron chi connectivity index (χ2n) is 5.55. The van der Waals surface area contributed by atoms with Gasteiger partial charge in [0.15, 0.2) is 0 Å². The van der Waals surface area contributed by atoms with Gasteiger partial charge >= 0.3 is 5.63 Å². The van der Waals surface area contributed by atoms with Gasteiger partial charge in [-0.3, -0.25) is 5.43 Å². The van der Waals surface area contributed by atoms with Gasteiger partial charge in [0.05, 0.1) is 16.7 Å². The van der Waals surface area contributed by atoms with Crippen LogP contribution in [0.25, 0.3) is 21.4 Å². The van der Waals surface area contributed by atoms with Gasteiger partial charge in [-0.25, -0.2) is 9.78 Å². The van der Waals surface area contributed by atoms with Crippen molar-refractivity contribution in [1.82, 2.24) is 4.98 Å². The number of nitrogens with zero attached hydrogens (tertiary/aromatic N) is 2. The quantitative estimate of drug-likeness (QED) is 0.238. The van der Waals surface area contributed by atoms with Crippen LogP contribution in [0, 0.1) is 0 Å². The molecule has 4 aromatic rings. The number of benzene rings is 2. The third-order valence-electron chi connectivity index (χ3n) is 3.73. The van der Waals surface area contributed by atoms with Crippen LogP contribution in [0.5, 0.6) is 0 Å². The molecule has 2 aromatic heterocycles. The van der Waals surface area contributed by atoms with E-state index in [2.05, 4.69) is 31.4 Å². The number of anilines is 1. The second-order valence-corrected chi connectivity index (χ2v) is 7.90. The average Bonchev–Trinajstić information content (AvgIpc) is 3.12. The van der Waals surface area contributed by atoms with Crippen molar-refractivity contribution in [3.05, 3.63) is 80.2 Å². The number of hydrazone groups is 1. The van der Waals surface area contributed by atoms with Crippen LogP contribution >= 0.6 is 38.9 Å². The molecule has 0 saturated carbocycles. The molecule has 2 aromatic carbocycles. The maximum Gasteiger partial charge on any atom is 0.345 e. The van der Waals surface area contributed by atoms with Crippen molar-refractivity contribution in [2.75, 3.05) is 5.43 Å². The van der Waals surface area contributed by atoms with Gasteiger partial charge in [-0.15, -0.1) is 0 Å². The molecule has 0 spiro atoms. The minimum Gasteiger partial charge on any atom is -0.422 e. The first-order valence-electron chi connectivity index (χ1n) is 7.83. The van der Waals surface area contributed by atoms with Crippen molar-refractivity contribution in [1.29, 1.82) is 0 Å². The van der Waals surface area contributed by atoms with E-state index in [1.165, 1.54) is 11.3 Å². The van der Waals surface area contributed by atoms with Gasteiger partial charge in [0.25, 0.3) is 0 Å². The maximum atomic E-state index is 12.3. The van der Waals surface area contributed by atoms with E-state index in [1.54, 1.807) is 30.6 Å². The summed E-state index contributed by atoms with van der Waals surface area (Å²) in [5.74, 6) is 0. The number of fused-ring (bicyclic) bond motifs is 1. The molecular weight excluding hydrogens is 450 g/mol. The normalized spacial score (nSPS) is 11.3. The molecule has 0 saturated heterocycles. The zero-order valence-corrected chi connectivity index (χ0v) is 16.8. The first-order valence-corrected chi connectivity index (χ1v) is 9.82. The molecule has 0 aliphatic carbocycles. The number of hydrogen-bond donors (Lipinski definition) is 1. The number of halogens is 2. The summed E-state index contributed by atoms with van der Waals surface area (Å²) in [6.07, 6.45) is 3.24. The number of hydrogen-bond acceptors (Lipinski definition) is 6. The zero-order chi connectivity index (χ0) is 18.8. The molecule has 0 aliphatic rings. The topological polar surface area (TPSA) is 67.5 Å². The molecule has 0 bridgehead atoms. The molecular formula is C19H11BrClN3O2S. The van der Waals surface area contributed by atoms with Crippen LogP contribution in [0.2, 0.25) is 5.02 Å². The van der Waals surface area contributed by atoms with Crippen LogP contribution in [0.15, 0.2) is 73.5 Å². The standard InChI is InChI=1S/C19H11BrClN3O2S/c20-13-5-6-16-12(7-13)8-14(18(25)26-16)17-10-22-19(27-17)24-23-9-11-3-1-2-4-15(11)21/h1-10H,(H,22,24). The zero-order valence-electron chi connectivity index (χ0n) is 13.6. The van der Waals surface area contributed by atoms with E-state index < -0.39 is 5.63 Å². The monoisotopic (exact) mass is 459 g/mol. The van der Waals surface area contributed by atoms with Gasteiger partial charge in [0, 0.05) is 26.6 Å². The van der Waals surface area contributed by atoms with Gasteiger partial charge in [0.2, 0.25) is 5.13 Å². The summed E-state index contributed by atoms with van der Waals surface area (Å²) in [7, 11) is 0. The lowest BCUT2D eigenvalue weighted by molar-refractivity contribution is 0.563. The molecule has 5 nitrogen and oxygen atoms in total. The highest BCUT2D eigenvalue weighted by Crippen LogP contribution is 2.29. The first kappa shape index (κ1) is 17.9. The fourth-order valence-electron chi connectivity index (χ4n) is 2.45. The van der Waals surface area contributed by atoms with Crippen LogP contribution in [0.4, 0.5) is 5.13 Å². The van der Waals surface area contributed by atoms with Crippen LogP contribution in [0.1, 0.15) is 5.56 Å². The van der Waals surface area contributed by atoms with Crippen LogP contribution in [-0.4, -0.2) is 11.2 Å². The first-order chi connectivity index (χ1) is 13.1. The summed E-state index contributed by atoms with van der Waals surface area (Å²) in [6, 6.07) is 14.7. The van der Waals surface area contributed by atoms with Gasteiger partial charge < -0.3 is 4.42 Å². The van der Waals surface area contributed by atoms with E-state index >= 15 is 0 Å². The van der Waals surface area contributed by atoms with Gasteiger partial charge in [-0.05, 0) is 30.3 Å². The van der Waals surface area contributed by atoms with E-state index in [0.29, 0.717) is 26.2 Å². The largest absolute Gasteiger partial charge is 0.422 e. The molecule has 8 heteroatoms. The fraction of sp³-hybridized carbons (Fsp3) is 0. The second kappa shape index (κ2) is 7.64. The predicted molar refractivity (Wildman–Crippen MR) is 114 cm³/mol. The highest BCUT2D eigenvalue weighted by atomic mass is 79.9. The van der Waals surface area contributed by atoms with E-state index in [-0.39, 0.29) is 0 Å². The molecule has 4 rings (SSSR count). The SMILES string of the molecule is O=c1oc2ccc(Br)cc2cc1-c1cnc(NN=Cc2ccccc2Cl)s1. The van der Waals surface area contributed by atoms with E-state index in [9.17, 15) is 4.79 Å². The van der Waals surface area contributed by atoms with Crippen LogP contribution < -0.4 is 11.1 Å². The summed E-state index contributed by atoms with van der Waals surface area (Å²) in [4.78, 5) is 17.3. The summed E-state index contributed by atoms with van der Waals surface area (Å²) < 4.78 is 6.31. The van der Waals surface area contributed by atoms with Crippen LogP contribution in [0.3, 0.4) is 0 Å². The Bertz CT molecular complexity index is 1220. The predicted octanol–water partition coefficient (Wildman–Crippen LogP) is 5.78. The average molecular weight is 461 g/mol. The Morgan fingerprint density at radius 1 is 1.22 bits per heavy atom. The van der Waals surface area contributed by atoms with Crippen molar-refractivity contribution in [2.24, 2.45) is 5.10 Å². The lowest BCUT2D eigenvalue weighted by atomic mass is 10.2. The number of nitrogens with one attached hydrogen (secondary N) is 1. The Morgan fingerprint density at radius 2 is 2.07 bits per heavy atom. The molecule has 0 fully saturated rings. The molecule has 134 valence electrons.